The van der Waals surface area contributed by atoms with E-state index in [0.717, 1.165) is 12.1 Å². The molecule has 0 bridgehead atoms. The van der Waals surface area contributed by atoms with Gasteiger partial charge in [0.25, 0.3) is 5.56 Å². The maximum absolute atomic E-state index is 12.9. The van der Waals surface area contributed by atoms with Gasteiger partial charge in [0.1, 0.15) is 11.6 Å². The Morgan fingerprint density at radius 3 is 2.46 bits per heavy atom. The average molecular weight is 390 g/mol. The summed E-state index contributed by atoms with van der Waals surface area (Å²) < 4.78 is 40.3. The van der Waals surface area contributed by atoms with Crippen LogP contribution in [-0.2, 0) is 18.3 Å². The van der Waals surface area contributed by atoms with Crippen LogP contribution in [0.5, 0.6) is 0 Å². The molecule has 0 radical (unpaired) electrons. The van der Waals surface area contributed by atoms with Gasteiger partial charge in [-0.25, -0.2) is 9.97 Å². The van der Waals surface area contributed by atoms with Crippen LogP contribution in [0.15, 0.2) is 41.3 Å². The van der Waals surface area contributed by atoms with E-state index < -0.39 is 17.3 Å². The van der Waals surface area contributed by atoms with Crippen molar-refractivity contribution >= 4 is 16.7 Å². The first-order chi connectivity index (χ1) is 12.9. The van der Waals surface area contributed by atoms with Crippen molar-refractivity contribution in [1.82, 2.24) is 14.5 Å². The number of nitrogens with one attached hydrogen (secondary N) is 1. The lowest BCUT2D eigenvalue weighted by Crippen LogP contribution is -2.33. The van der Waals surface area contributed by atoms with Crippen LogP contribution in [0.1, 0.15) is 37.7 Å². The average Bonchev–Trinajstić information content (AvgIpc) is 2.57. The Balaban J connectivity index is 2.00. The molecule has 0 spiro atoms. The van der Waals surface area contributed by atoms with E-state index in [1.807, 2.05) is 20.8 Å². The molecule has 148 valence electrons. The molecule has 0 saturated heterocycles. The van der Waals surface area contributed by atoms with Crippen LogP contribution >= 0.6 is 0 Å². The summed E-state index contributed by atoms with van der Waals surface area (Å²) in [6, 6.07) is 6.58. The number of fused-ring (bicyclic) bond motifs is 1. The fourth-order valence-corrected chi connectivity index (χ4v) is 2.92. The Hall–Kier alpha value is -2.90. The highest BCUT2D eigenvalue weighted by molar-refractivity contribution is 5.88. The van der Waals surface area contributed by atoms with Crippen LogP contribution in [0.4, 0.5) is 19.0 Å². The number of alkyl halides is 3. The molecule has 0 aliphatic rings. The second kappa shape index (κ2) is 6.92. The van der Waals surface area contributed by atoms with Gasteiger partial charge >= 0.3 is 6.18 Å². The quantitative estimate of drug-likeness (QED) is 0.716. The predicted molar refractivity (Wildman–Crippen MR) is 102 cm³/mol. The maximum Gasteiger partial charge on any atom is 0.416 e. The molecule has 0 aliphatic heterocycles. The van der Waals surface area contributed by atoms with Gasteiger partial charge in [0, 0.05) is 24.3 Å². The smallest absolute Gasteiger partial charge is 0.365 e. The van der Waals surface area contributed by atoms with Crippen LogP contribution in [0.2, 0.25) is 0 Å². The standard InChI is InChI=1S/C20H21F3N4O/c1-12-25-16-9-17(28)27(19(2,3)4)11-15(16)18(26-12)24-10-13-6-5-7-14(8-13)20(21,22)23/h5-9,11H,10H2,1-4H3,(H,24,25,26). The van der Waals surface area contributed by atoms with E-state index in [1.165, 1.54) is 12.1 Å². The number of hydrogen-bond acceptors (Lipinski definition) is 4. The predicted octanol–water partition coefficient (Wildman–Crippen LogP) is 4.49. The number of aryl methyl sites for hydroxylation is 1. The highest BCUT2D eigenvalue weighted by Gasteiger charge is 2.30. The lowest BCUT2D eigenvalue weighted by molar-refractivity contribution is -0.137. The van der Waals surface area contributed by atoms with Crippen molar-refractivity contribution in [2.75, 3.05) is 5.32 Å². The number of rotatable bonds is 3. The molecule has 3 aromatic rings. The van der Waals surface area contributed by atoms with Crippen LogP contribution in [0.3, 0.4) is 0 Å². The van der Waals surface area contributed by atoms with Crippen molar-refractivity contribution in [1.29, 1.82) is 0 Å². The highest BCUT2D eigenvalue weighted by Crippen LogP contribution is 2.30. The Labute approximate surface area is 160 Å². The van der Waals surface area contributed by atoms with Crippen molar-refractivity contribution in [2.24, 2.45) is 0 Å². The van der Waals surface area contributed by atoms with Crippen LogP contribution in [-0.4, -0.2) is 14.5 Å². The van der Waals surface area contributed by atoms with E-state index in [0.29, 0.717) is 28.1 Å². The van der Waals surface area contributed by atoms with Gasteiger partial charge in [0.05, 0.1) is 16.5 Å². The summed E-state index contributed by atoms with van der Waals surface area (Å²) in [4.78, 5) is 21.1. The molecule has 0 atom stereocenters. The zero-order valence-electron chi connectivity index (χ0n) is 16.1. The minimum atomic E-state index is -4.39. The molecule has 0 fully saturated rings. The molecule has 0 unspecified atom stereocenters. The Kier molecular flexibility index (Phi) is 4.91. The molecule has 3 rings (SSSR count). The number of pyridine rings is 1. The molecule has 5 nitrogen and oxygen atoms in total. The second-order valence-corrected chi connectivity index (χ2v) is 7.62. The first-order valence-corrected chi connectivity index (χ1v) is 8.77. The minimum absolute atomic E-state index is 0.157. The van der Waals surface area contributed by atoms with Crippen molar-refractivity contribution in [3.63, 3.8) is 0 Å². The largest absolute Gasteiger partial charge is 0.416 e. The minimum Gasteiger partial charge on any atom is -0.365 e. The molecule has 1 N–H and O–H groups in total. The lowest BCUT2D eigenvalue weighted by atomic mass is 10.1. The first-order valence-electron chi connectivity index (χ1n) is 8.77. The van der Waals surface area contributed by atoms with Gasteiger partial charge < -0.3 is 9.88 Å². The summed E-state index contributed by atoms with van der Waals surface area (Å²) in [5.74, 6) is 0.935. The fourth-order valence-electron chi connectivity index (χ4n) is 2.92. The summed E-state index contributed by atoms with van der Waals surface area (Å²) in [5.41, 5.74) is -0.346. The summed E-state index contributed by atoms with van der Waals surface area (Å²) >= 11 is 0. The zero-order chi connectivity index (χ0) is 20.7. The van der Waals surface area contributed by atoms with Crippen LogP contribution in [0.25, 0.3) is 10.9 Å². The van der Waals surface area contributed by atoms with E-state index in [2.05, 4.69) is 15.3 Å². The van der Waals surface area contributed by atoms with Crippen LogP contribution < -0.4 is 10.9 Å². The Morgan fingerprint density at radius 2 is 1.82 bits per heavy atom. The van der Waals surface area contributed by atoms with Gasteiger partial charge in [0.2, 0.25) is 0 Å². The van der Waals surface area contributed by atoms with Crippen molar-refractivity contribution in [3.8, 4) is 0 Å². The van der Waals surface area contributed by atoms with Gasteiger partial charge in [-0.05, 0) is 45.4 Å². The summed E-state index contributed by atoms with van der Waals surface area (Å²) in [7, 11) is 0. The van der Waals surface area contributed by atoms with E-state index >= 15 is 0 Å². The molecule has 0 amide bonds. The maximum atomic E-state index is 12.9. The molecule has 2 aromatic heterocycles. The molecule has 1 aromatic carbocycles. The monoisotopic (exact) mass is 390 g/mol. The number of halogens is 3. The molecule has 28 heavy (non-hydrogen) atoms. The molecule has 0 saturated carbocycles. The number of nitrogens with zero attached hydrogens (tertiary/aromatic N) is 3. The van der Waals surface area contributed by atoms with Gasteiger partial charge in [-0.2, -0.15) is 13.2 Å². The number of anilines is 1. The van der Waals surface area contributed by atoms with Gasteiger partial charge in [-0.3, -0.25) is 4.79 Å². The van der Waals surface area contributed by atoms with Crippen molar-refractivity contribution in [2.45, 2.75) is 46.0 Å². The lowest BCUT2D eigenvalue weighted by Gasteiger charge is -2.23. The van der Waals surface area contributed by atoms with Gasteiger partial charge in [-0.15, -0.1) is 0 Å². The summed E-state index contributed by atoms with van der Waals surface area (Å²) in [6.45, 7) is 7.58. The number of benzene rings is 1. The van der Waals surface area contributed by atoms with Crippen molar-refractivity contribution < 1.29 is 13.2 Å². The molecule has 2 heterocycles. The Morgan fingerprint density at radius 1 is 1.11 bits per heavy atom. The molecule has 8 heteroatoms. The first kappa shape index (κ1) is 19.9. The number of aromatic nitrogens is 3. The third-order valence-electron chi connectivity index (χ3n) is 4.28. The summed E-state index contributed by atoms with van der Waals surface area (Å²) in [6.07, 6.45) is -2.71. The van der Waals surface area contributed by atoms with Crippen molar-refractivity contribution in [3.05, 3.63) is 63.8 Å². The Bertz CT molecular complexity index is 1080. The van der Waals surface area contributed by atoms with Gasteiger partial charge in [0.15, 0.2) is 0 Å². The van der Waals surface area contributed by atoms with E-state index in [4.69, 9.17) is 0 Å². The zero-order valence-corrected chi connectivity index (χ0v) is 16.1. The topological polar surface area (TPSA) is 59.8 Å². The highest BCUT2D eigenvalue weighted by atomic mass is 19.4. The van der Waals surface area contributed by atoms with Crippen LogP contribution in [0, 0.1) is 6.92 Å². The van der Waals surface area contributed by atoms with Gasteiger partial charge in [-0.1, -0.05) is 12.1 Å². The molecular weight excluding hydrogens is 369 g/mol. The normalized spacial score (nSPS) is 12.4. The van der Waals surface area contributed by atoms with E-state index in [9.17, 15) is 18.0 Å². The fraction of sp³-hybridized carbons (Fsp3) is 0.350. The van der Waals surface area contributed by atoms with E-state index in [-0.39, 0.29) is 12.1 Å². The van der Waals surface area contributed by atoms with E-state index in [1.54, 1.807) is 23.8 Å². The molecule has 0 aliphatic carbocycles. The number of hydrogen-bond donors (Lipinski definition) is 1. The SMILES string of the molecule is Cc1nc(NCc2cccc(C(F)(F)F)c2)c2cn(C(C)(C)C)c(=O)cc2n1. The third-order valence-corrected chi connectivity index (χ3v) is 4.28. The summed E-state index contributed by atoms with van der Waals surface area (Å²) in [5, 5.41) is 3.72. The third kappa shape index (κ3) is 4.16. The molecular formula is C20H21F3N4O. The second-order valence-electron chi connectivity index (χ2n) is 7.62.